The Labute approximate surface area is 130 Å². The van der Waals surface area contributed by atoms with E-state index in [1.807, 2.05) is 6.26 Å². The third-order valence-electron chi connectivity index (χ3n) is 3.28. The summed E-state index contributed by atoms with van der Waals surface area (Å²) in [6.45, 7) is 0.517. The molecule has 0 saturated heterocycles. The van der Waals surface area contributed by atoms with Crippen LogP contribution in [0.5, 0.6) is 0 Å². The Balaban J connectivity index is 2.18. The number of non-ortho nitro benzene ring substituents is 1. The number of thioether (sulfide) groups is 1. The van der Waals surface area contributed by atoms with E-state index < -0.39 is 10.8 Å². The fourth-order valence-corrected chi connectivity index (χ4v) is 2.91. The first-order chi connectivity index (χ1) is 9.38. The average Bonchev–Trinajstić information content (AvgIpc) is 3.19. The summed E-state index contributed by atoms with van der Waals surface area (Å²) < 4.78 is 0.104. The first-order valence-electron chi connectivity index (χ1n) is 5.85. The highest BCUT2D eigenvalue weighted by molar-refractivity contribution is 8.00. The van der Waals surface area contributed by atoms with Gasteiger partial charge in [0.15, 0.2) is 0 Å². The highest BCUT2D eigenvalue weighted by Gasteiger charge is 2.42. The minimum absolute atomic E-state index is 0.00276. The molecule has 1 fully saturated rings. The molecule has 1 aromatic rings. The third-order valence-corrected chi connectivity index (χ3v) is 5.50. The summed E-state index contributed by atoms with van der Waals surface area (Å²) in [7, 11) is 0. The van der Waals surface area contributed by atoms with Gasteiger partial charge in [-0.1, -0.05) is 23.2 Å². The van der Waals surface area contributed by atoms with Gasteiger partial charge in [0.05, 0.1) is 20.5 Å². The van der Waals surface area contributed by atoms with Crippen LogP contribution in [0.25, 0.3) is 0 Å². The van der Waals surface area contributed by atoms with Gasteiger partial charge in [0.25, 0.3) is 11.6 Å². The maximum absolute atomic E-state index is 12.1. The molecule has 0 radical (unpaired) electrons. The summed E-state index contributed by atoms with van der Waals surface area (Å²) in [5.74, 6) is -0.444. The van der Waals surface area contributed by atoms with E-state index in [-0.39, 0.29) is 26.0 Å². The third kappa shape index (κ3) is 3.19. The smallest absolute Gasteiger partial charge is 0.271 e. The molecular weight excluding hydrogens is 323 g/mol. The van der Waals surface area contributed by atoms with Crippen LogP contribution in [0.2, 0.25) is 10.0 Å². The van der Waals surface area contributed by atoms with Crippen LogP contribution in [-0.2, 0) is 0 Å². The number of carbonyl (C=O) groups excluding carboxylic acids is 1. The molecule has 0 aromatic heterocycles. The van der Waals surface area contributed by atoms with E-state index in [2.05, 4.69) is 5.32 Å². The number of hydrogen-bond donors (Lipinski definition) is 1. The number of nitro groups is 1. The Hall–Kier alpha value is -0.980. The predicted octanol–water partition coefficient (Wildman–Crippen LogP) is 3.53. The molecule has 8 heteroatoms. The topological polar surface area (TPSA) is 72.2 Å². The molecule has 5 nitrogen and oxygen atoms in total. The molecule has 0 atom stereocenters. The largest absolute Gasteiger partial charge is 0.351 e. The van der Waals surface area contributed by atoms with Gasteiger partial charge in [-0.15, -0.1) is 0 Å². The van der Waals surface area contributed by atoms with E-state index in [0.29, 0.717) is 6.54 Å². The standard InChI is InChI=1S/C12H12Cl2N2O3S/c1-20-12(2-3-12)6-15-11(17)8-4-7(16(18)19)5-9(13)10(8)14/h4-5H,2-3,6H2,1H3,(H,15,17). The first kappa shape index (κ1) is 15.4. The SMILES string of the molecule is CSC1(CNC(=O)c2cc([N+](=O)[O-])cc(Cl)c2Cl)CC1. The molecule has 1 N–H and O–H groups in total. The lowest BCUT2D eigenvalue weighted by Crippen LogP contribution is -2.31. The normalized spacial score (nSPS) is 15.8. The molecule has 0 unspecified atom stereocenters. The van der Waals surface area contributed by atoms with Gasteiger partial charge in [0, 0.05) is 23.4 Å². The van der Waals surface area contributed by atoms with Crippen LogP contribution in [0, 0.1) is 10.1 Å². The van der Waals surface area contributed by atoms with Crippen molar-refractivity contribution < 1.29 is 9.72 Å². The summed E-state index contributed by atoms with van der Waals surface area (Å²) in [6, 6.07) is 2.27. The van der Waals surface area contributed by atoms with Gasteiger partial charge in [-0.05, 0) is 19.1 Å². The zero-order valence-electron chi connectivity index (χ0n) is 10.6. The van der Waals surface area contributed by atoms with Crippen LogP contribution < -0.4 is 5.32 Å². The van der Waals surface area contributed by atoms with Crippen LogP contribution in [-0.4, -0.2) is 28.4 Å². The molecule has 0 bridgehead atoms. The molecule has 0 heterocycles. The van der Waals surface area contributed by atoms with Crippen molar-refractivity contribution >= 4 is 46.6 Å². The number of halogens is 2. The minimum atomic E-state index is -0.608. The number of benzene rings is 1. The first-order valence-corrected chi connectivity index (χ1v) is 7.83. The van der Waals surface area contributed by atoms with Crippen molar-refractivity contribution in [2.75, 3.05) is 12.8 Å². The number of carbonyl (C=O) groups is 1. The molecule has 1 aromatic carbocycles. The van der Waals surface area contributed by atoms with Crippen molar-refractivity contribution in [2.24, 2.45) is 0 Å². The van der Waals surface area contributed by atoms with Crippen LogP contribution in [0.15, 0.2) is 12.1 Å². The number of hydrogen-bond acceptors (Lipinski definition) is 4. The van der Waals surface area contributed by atoms with E-state index in [1.54, 1.807) is 11.8 Å². The molecule has 1 aliphatic rings. The molecule has 0 aliphatic heterocycles. The van der Waals surface area contributed by atoms with E-state index >= 15 is 0 Å². The van der Waals surface area contributed by atoms with Crippen molar-refractivity contribution in [2.45, 2.75) is 17.6 Å². The van der Waals surface area contributed by atoms with Gasteiger partial charge >= 0.3 is 0 Å². The van der Waals surface area contributed by atoms with Gasteiger partial charge in [0.1, 0.15) is 0 Å². The van der Waals surface area contributed by atoms with E-state index in [4.69, 9.17) is 23.2 Å². The van der Waals surface area contributed by atoms with Crippen LogP contribution in [0.4, 0.5) is 5.69 Å². The van der Waals surface area contributed by atoms with Gasteiger partial charge in [-0.3, -0.25) is 14.9 Å². The zero-order valence-corrected chi connectivity index (χ0v) is 12.9. The Kier molecular flexibility index (Phi) is 4.46. The zero-order chi connectivity index (χ0) is 14.9. The van der Waals surface area contributed by atoms with Crippen molar-refractivity contribution in [3.8, 4) is 0 Å². The maximum atomic E-state index is 12.1. The summed E-state index contributed by atoms with van der Waals surface area (Å²) in [5.41, 5.74) is -0.224. The number of rotatable bonds is 5. The second kappa shape index (κ2) is 5.79. The second-order valence-corrected chi connectivity index (χ2v) is 6.68. The van der Waals surface area contributed by atoms with Gasteiger partial charge in [-0.25, -0.2) is 0 Å². The van der Waals surface area contributed by atoms with Gasteiger partial charge in [0.2, 0.25) is 0 Å². The molecule has 1 saturated carbocycles. The molecule has 1 amide bonds. The number of nitro benzene ring substituents is 1. The van der Waals surface area contributed by atoms with Gasteiger partial charge in [-0.2, -0.15) is 11.8 Å². The molecular formula is C12H12Cl2N2O3S. The summed E-state index contributed by atoms with van der Waals surface area (Å²) >= 11 is 13.5. The molecule has 0 spiro atoms. The summed E-state index contributed by atoms with van der Waals surface area (Å²) in [6.07, 6.45) is 4.10. The maximum Gasteiger partial charge on any atom is 0.271 e. The highest BCUT2D eigenvalue weighted by atomic mass is 35.5. The Morgan fingerprint density at radius 3 is 2.65 bits per heavy atom. The molecule has 2 rings (SSSR count). The molecule has 20 heavy (non-hydrogen) atoms. The van der Waals surface area contributed by atoms with Gasteiger partial charge < -0.3 is 5.32 Å². The van der Waals surface area contributed by atoms with Crippen LogP contribution in [0.3, 0.4) is 0 Å². The minimum Gasteiger partial charge on any atom is -0.351 e. The average molecular weight is 335 g/mol. The van der Waals surface area contributed by atoms with E-state index in [0.717, 1.165) is 25.0 Å². The van der Waals surface area contributed by atoms with Crippen LogP contribution >= 0.6 is 35.0 Å². The van der Waals surface area contributed by atoms with E-state index in [1.165, 1.54) is 0 Å². The van der Waals surface area contributed by atoms with Crippen molar-refractivity contribution in [3.63, 3.8) is 0 Å². The quantitative estimate of drug-likeness (QED) is 0.660. The number of amides is 1. The van der Waals surface area contributed by atoms with Crippen molar-refractivity contribution in [1.82, 2.24) is 5.32 Å². The Morgan fingerprint density at radius 2 is 2.15 bits per heavy atom. The lowest BCUT2D eigenvalue weighted by molar-refractivity contribution is -0.384. The summed E-state index contributed by atoms with van der Waals surface area (Å²) in [5, 5.41) is 13.6. The lowest BCUT2D eigenvalue weighted by atomic mass is 10.2. The van der Waals surface area contributed by atoms with Crippen LogP contribution in [0.1, 0.15) is 23.2 Å². The predicted molar refractivity (Wildman–Crippen MR) is 80.9 cm³/mol. The van der Waals surface area contributed by atoms with E-state index in [9.17, 15) is 14.9 Å². The highest BCUT2D eigenvalue weighted by Crippen LogP contribution is 2.46. The summed E-state index contributed by atoms with van der Waals surface area (Å²) in [4.78, 5) is 22.3. The Bertz CT molecular complexity index is 576. The Morgan fingerprint density at radius 1 is 1.50 bits per heavy atom. The number of nitrogens with zero attached hydrogens (tertiary/aromatic N) is 1. The molecule has 108 valence electrons. The van der Waals surface area contributed by atoms with Crippen molar-refractivity contribution in [1.29, 1.82) is 0 Å². The monoisotopic (exact) mass is 334 g/mol. The second-order valence-electron chi connectivity index (χ2n) is 4.62. The fraction of sp³-hybridized carbons (Fsp3) is 0.417. The molecule has 1 aliphatic carbocycles. The fourth-order valence-electron chi connectivity index (χ4n) is 1.77. The lowest BCUT2D eigenvalue weighted by Gasteiger charge is -2.13. The van der Waals surface area contributed by atoms with Crippen molar-refractivity contribution in [3.05, 3.63) is 37.9 Å². The number of nitrogens with one attached hydrogen (secondary N) is 1.